The van der Waals surface area contributed by atoms with E-state index in [9.17, 15) is 0 Å². The molecule has 14 heavy (non-hydrogen) atoms. The number of aromatic nitrogens is 1. The largest absolute Gasteiger partial charge is 0.444 e. The summed E-state index contributed by atoms with van der Waals surface area (Å²) in [5.74, 6) is 3.06. The predicted molar refractivity (Wildman–Crippen MR) is 58.3 cm³/mol. The van der Waals surface area contributed by atoms with E-state index >= 15 is 0 Å². The zero-order valence-corrected chi connectivity index (χ0v) is 9.05. The molecule has 0 aliphatic carbocycles. The Hall–Kier alpha value is -0.480. The molecule has 0 amide bonds. The maximum Gasteiger partial charge on any atom is 0.207 e. The molecule has 1 fully saturated rings. The molecule has 4 heteroatoms. The molecule has 0 spiro atoms. The van der Waals surface area contributed by atoms with Crippen LogP contribution in [0.15, 0.2) is 10.6 Å². The number of hydrogen-bond acceptors (Lipinski definition) is 4. The molecule has 2 rings (SSSR count). The monoisotopic (exact) mass is 212 g/mol. The van der Waals surface area contributed by atoms with Crippen molar-refractivity contribution in [1.29, 1.82) is 0 Å². The maximum atomic E-state index is 5.65. The van der Waals surface area contributed by atoms with Crippen LogP contribution in [-0.4, -0.2) is 17.3 Å². The molecule has 1 aliphatic rings. The van der Waals surface area contributed by atoms with Crippen LogP contribution >= 0.6 is 11.8 Å². The first-order chi connectivity index (χ1) is 6.90. The number of thioether (sulfide) groups is 1. The Morgan fingerprint density at radius 2 is 2.50 bits per heavy atom. The number of nitrogens with zero attached hydrogens (tertiary/aromatic N) is 1. The summed E-state index contributed by atoms with van der Waals surface area (Å²) in [6, 6.07) is 0. The fourth-order valence-corrected chi connectivity index (χ4v) is 2.91. The topological polar surface area (TPSA) is 52.0 Å². The first kappa shape index (κ1) is 10.1. The van der Waals surface area contributed by atoms with E-state index in [1.807, 2.05) is 18.0 Å². The van der Waals surface area contributed by atoms with Gasteiger partial charge >= 0.3 is 0 Å². The highest BCUT2D eigenvalue weighted by Gasteiger charge is 2.20. The van der Waals surface area contributed by atoms with E-state index in [2.05, 4.69) is 4.98 Å². The number of hydrogen-bond donors (Lipinski definition) is 1. The standard InChI is InChI=1S/C10H16N2OS/c11-5-4-8-7-12-10(13-8)9-3-1-2-6-14-9/h7,9H,1-6,11H2. The van der Waals surface area contributed by atoms with Crippen LogP contribution in [0, 0.1) is 0 Å². The smallest absolute Gasteiger partial charge is 0.207 e. The third kappa shape index (κ3) is 2.30. The summed E-state index contributed by atoms with van der Waals surface area (Å²) in [5, 5.41) is 0.482. The molecule has 1 unspecified atom stereocenters. The molecule has 1 atom stereocenters. The molecule has 3 nitrogen and oxygen atoms in total. The van der Waals surface area contributed by atoms with Crippen LogP contribution in [0.1, 0.15) is 36.2 Å². The van der Waals surface area contributed by atoms with Crippen LogP contribution in [-0.2, 0) is 6.42 Å². The fraction of sp³-hybridized carbons (Fsp3) is 0.700. The minimum Gasteiger partial charge on any atom is -0.444 e. The number of rotatable bonds is 3. The van der Waals surface area contributed by atoms with Gasteiger partial charge in [0.15, 0.2) is 0 Å². The molecule has 1 aromatic heterocycles. The normalized spacial score (nSPS) is 22.5. The Balaban J connectivity index is 2.00. The molecular weight excluding hydrogens is 196 g/mol. The molecule has 0 radical (unpaired) electrons. The van der Waals surface area contributed by atoms with Crippen LogP contribution in [0.4, 0.5) is 0 Å². The van der Waals surface area contributed by atoms with Crippen molar-refractivity contribution < 1.29 is 4.42 Å². The first-order valence-electron chi connectivity index (χ1n) is 5.16. The Labute approximate surface area is 88.5 Å². The molecule has 78 valence electrons. The lowest BCUT2D eigenvalue weighted by molar-refractivity contribution is 0.440. The quantitative estimate of drug-likeness (QED) is 0.834. The average Bonchev–Trinajstić information content (AvgIpc) is 2.68. The molecule has 1 aliphatic heterocycles. The molecule has 1 saturated heterocycles. The second kappa shape index (κ2) is 4.84. The lowest BCUT2D eigenvalue weighted by Crippen LogP contribution is -2.02. The van der Waals surface area contributed by atoms with Crippen LogP contribution in [0.2, 0.25) is 0 Å². The van der Waals surface area contributed by atoms with Crippen LogP contribution in [0.3, 0.4) is 0 Å². The van der Waals surface area contributed by atoms with Crippen molar-refractivity contribution in [3.63, 3.8) is 0 Å². The first-order valence-corrected chi connectivity index (χ1v) is 6.21. The van der Waals surface area contributed by atoms with E-state index in [-0.39, 0.29) is 0 Å². The number of nitrogens with two attached hydrogens (primary N) is 1. The highest BCUT2D eigenvalue weighted by Crippen LogP contribution is 2.37. The third-order valence-electron chi connectivity index (χ3n) is 2.42. The van der Waals surface area contributed by atoms with Crippen molar-refractivity contribution in [2.24, 2.45) is 5.73 Å². The van der Waals surface area contributed by atoms with E-state index < -0.39 is 0 Å². The Kier molecular flexibility index (Phi) is 3.48. The summed E-state index contributed by atoms with van der Waals surface area (Å²) in [6.07, 6.45) is 6.44. The third-order valence-corrected chi connectivity index (χ3v) is 3.78. The van der Waals surface area contributed by atoms with Crippen molar-refractivity contribution >= 4 is 11.8 Å². The van der Waals surface area contributed by atoms with Crippen LogP contribution < -0.4 is 5.73 Å². The van der Waals surface area contributed by atoms with E-state index in [4.69, 9.17) is 10.2 Å². The predicted octanol–water partition coefficient (Wildman–Crippen LogP) is 2.13. The van der Waals surface area contributed by atoms with Gasteiger partial charge in [-0.05, 0) is 25.1 Å². The molecule has 0 bridgehead atoms. The SMILES string of the molecule is NCCc1cnc(C2CCCCS2)o1. The summed E-state index contributed by atoms with van der Waals surface area (Å²) >= 11 is 1.96. The average molecular weight is 212 g/mol. The maximum absolute atomic E-state index is 5.65. The van der Waals surface area contributed by atoms with Gasteiger partial charge in [0.25, 0.3) is 0 Å². The van der Waals surface area contributed by atoms with Crippen molar-refractivity contribution in [2.45, 2.75) is 30.9 Å². The zero-order valence-electron chi connectivity index (χ0n) is 8.24. The van der Waals surface area contributed by atoms with Gasteiger partial charge in [-0.2, -0.15) is 0 Å². The molecular formula is C10H16N2OS. The summed E-state index contributed by atoms with van der Waals surface area (Å²) in [7, 11) is 0. The molecule has 2 heterocycles. The lowest BCUT2D eigenvalue weighted by atomic mass is 10.2. The minimum atomic E-state index is 0.482. The number of oxazole rings is 1. The highest BCUT2D eigenvalue weighted by molar-refractivity contribution is 7.99. The van der Waals surface area contributed by atoms with Gasteiger partial charge in [-0.25, -0.2) is 4.98 Å². The minimum absolute atomic E-state index is 0.482. The van der Waals surface area contributed by atoms with Crippen molar-refractivity contribution in [1.82, 2.24) is 4.98 Å². The molecule has 1 aromatic rings. The Bertz CT molecular complexity index is 281. The van der Waals surface area contributed by atoms with Crippen molar-refractivity contribution in [3.05, 3.63) is 17.8 Å². The van der Waals surface area contributed by atoms with Gasteiger partial charge in [-0.15, -0.1) is 11.8 Å². The van der Waals surface area contributed by atoms with Gasteiger partial charge in [-0.3, -0.25) is 0 Å². The van der Waals surface area contributed by atoms with Crippen LogP contribution in [0.25, 0.3) is 0 Å². The molecule has 0 aromatic carbocycles. The van der Waals surface area contributed by atoms with Crippen molar-refractivity contribution in [2.75, 3.05) is 12.3 Å². The summed E-state index contributed by atoms with van der Waals surface area (Å²) in [4.78, 5) is 4.32. The van der Waals surface area contributed by atoms with E-state index in [0.717, 1.165) is 18.1 Å². The van der Waals surface area contributed by atoms with Gasteiger partial charge in [-0.1, -0.05) is 6.42 Å². The zero-order chi connectivity index (χ0) is 9.80. The second-order valence-electron chi connectivity index (χ2n) is 3.56. The Morgan fingerprint density at radius 3 is 3.21 bits per heavy atom. The summed E-state index contributed by atoms with van der Waals surface area (Å²) < 4.78 is 5.65. The summed E-state index contributed by atoms with van der Waals surface area (Å²) in [6.45, 7) is 0.631. The van der Waals surface area contributed by atoms with Gasteiger partial charge in [0.2, 0.25) is 5.89 Å². The fourth-order valence-electron chi connectivity index (χ4n) is 1.66. The second-order valence-corrected chi connectivity index (χ2v) is 4.87. The molecule has 0 saturated carbocycles. The van der Waals surface area contributed by atoms with Gasteiger partial charge in [0.1, 0.15) is 5.76 Å². The van der Waals surface area contributed by atoms with Crippen LogP contribution in [0.5, 0.6) is 0 Å². The Morgan fingerprint density at radius 1 is 1.57 bits per heavy atom. The molecule has 2 N–H and O–H groups in total. The van der Waals surface area contributed by atoms with E-state index in [1.165, 1.54) is 25.0 Å². The van der Waals surface area contributed by atoms with E-state index in [0.29, 0.717) is 11.8 Å². The van der Waals surface area contributed by atoms with Crippen molar-refractivity contribution in [3.8, 4) is 0 Å². The lowest BCUT2D eigenvalue weighted by Gasteiger charge is -2.17. The van der Waals surface area contributed by atoms with Gasteiger partial charge in [0.05, 0.1) is 11.4 Å². The summed E-state index contributed by atoms with van der Waals surface area (Å²) in [5.41, 5.74) is 5.46. The highest BCUT2D eigenvalue weighted by atomic mass is 32.2. The van der Waals surface area contributed by atoms with Gasteiger partial charge < -0.3 is 10.2 Å². The van der Waals surface area contributed by atoms with Gasteiger partial charge in [0, 0.05) is 6.42 Å². The van der Waals surface area contributed by atoms with E-state index in [1.54, 1.807) is 0 Å².